The Morgan fingerprint density at radius 2 is 1.92 bits per heavy atom. The summed E-state index contributed by atoms with van der Waals surface area (Å²) in [5, 5.41) is 0.623. The molecule has 0 aromatic heterocycles. The van der Waals surface area contributed by atoms with E-state index in [9.17, 15) is 0 Å². The van der Waals surface area contributed by atoms with E-state index in [0.717, 1.165) is 11.1 Å². The van der Waals surface area contributed by atoms with Gasteiger partial charge in [-0.25, -0.2) is 0 Å². The molecule has 0 radical (unpaired) electrons. The molecular weight excluding hydrogens is 170 g/mol. The molecule has 0 saturated heterocycles. The van der Waals surface area contributed by atoms with Gasteiger partial charge in [-0.1, -0.05) is 44.7 Å². The number of hydrogen-bond donors (Lipinski definition) is 1. The van der Waals surface area contributed by atoms with Crippen molar-refractivity contribution in [3.05, 3.63) is 35.4 Å². The zero-order chi connectivity index (χ0) is 10.1. The number of nitrogens with two attached hydrogens (primary N) is 1. The largest absolute Gasteiger partial charge is 0.326 e. The summed E-state index contributed by atoms with van der Waals surface area (Å²) in [4.78, 5) is 0. The Hall–Kier alpha value is -0.530. The lowest BCUT2D eigenvalue weighted by Gasteiger charge is -2.01. The molecule has 0 heterocycles. The first-order valence-corrected chi connectivity index (χ1v) is 4.38. The van der Waals surface area contributed by atoms with E-state index >= 15 is 0 Å². The summed E-state index contributed by atoms with van der Waals surface area (Å²) in [5.41, 5.74) is 7.03. The van der Waals surface area contributed by atoms with E-state index in [0.29, 0.717) is 11.6 Å². The number of halogens is 1. The predicted octanol–water partition coefficient (Wildman–Crippen LogP) is 3.23. The molecule has 1 nitrogen and oxygen atoms in total. The normalized spacial score (nSPS) is 10.8. The molecule has 0 atom stereocenters. The van der Waals surface area contributed by atoms with Crippen LogP contribution in [0.2, 0.25) is 0 Å². The van der Waals surface area contributed by atoms with Gasteiger partial charge in [0, 0.05) is 11.6 Å². The molecule has 12 heavy (non-hydrogen) atoms. The minimum atomic E-state index is 0.412. The summed E-state index contributed by atoms with van der Waals surface area (Å²) < 4.78 is 0. The Balaban J connectivity index is 0. The Morgan fingerprint density at radius 1 is 1.50 bits per heavy atom. The summed E-state index contributed by atoms with van der Waals surface area (Å²) in [6.07, 6.45) is 1.65. The molecule has 2 N–H and O–H groups in total. The van der Waals surface area contributed by atoms with Crippen molar-refractivity contribution in [2.24, 2.45) is 5.73 Å². The molecule has 0 aromatic carbocycles. The zero-order valence-corrected chi connectivity index (χ0v) is 8.91. The second-order valence-corrected chi connectivity index (χ2v) is 2.41. The smallest absolute Gasteiger partial charge is 0.0473 e. The van der Waals surface area contributed by atoms with Gasteiger partial charge < -0.3 is 5.73 Å². The second-order valence-electron chi connectivity index (χ2n) is 2.03. The van der Waals surface area contributed by atoms with Gasteiger partial charge in [0.1, 0.15) is 0 Å². The maximum atomic E-state index is 5.81. The molecular formula is C10H18ClN. The molecule has 0 aliphatic carbocycles. The van der Waals surface area contributed by atoms with E-state index in [1.807, 2.05) is 20.8 Å². The fourth-order valence-corrected chi connectivity index (χ4v) is 0.691. The van der Waals surface area contributed by atoms with Crippen molar-refractivity contribution < 1.29 is 0 Å². The summed E-state index contributed by atoms with van der Waals surface area (Å²) in [7, 11) is 0. The fourth-order valence-electron chi connectivity index (χ4n) is 0.537. The van der Waals surface area contributed by atoms with Gasteiger partial charge in [0.15, 0.2) is 0 Å². The first kappa shape index (κ1) is 14.0. The lowest BCUT2D eigenvalue weighted by Crippen LogP contribution is -2.02. The van der Waals surface area contributed by atoms with Gasteiger partial charge in [0.25, 0.3) is 0 Å². The Morgan fingerprint density at radius 3 is 2.00 bits per heavy atom. The first-order valence-electron chi connectivity index (χ1n) is 4.00. The Bertz CT molecular complexity index is 180. The van der Waals surface area contributed by atoms with Crippen LogP contribution in [-0.2, 0) is 0 Å². The zero-order valence-electron chi connectivity index (χ0n) is 8.15. The second kappa shape index (κ2) is 8.57. The SMILES string of the molecule is C=C/C(CN)=C(/Cl)C(=C)C.CC. The minimum absolute atomic E-state index is 0.412. The van der Waals surface area contributed by atoms with Crippen LogP contribution in [0.15, 0.2) is 35.4 Å². The van der Waals surface area contributed by atoms with Crippen molar-refractivity contribution in [3.8, 4) is 0 Å². The first-order chi connectivity index (χ1) is 5.63. The summed E-state index contributed by atoms with van der Waals surface area (Å²) in [6.45, 7) is 13.5. The van der Waals surface area contributed by atoms with Crippen molar-refractivity contribution in [2.45, 2.75) is 20.8 Å². The van der Waals surface area contributed by atoms with Crippen LogP contribution in [0.5, 0.6) is 0 Å². The summed E-state index contributed by atoms with van der Waals surface area (Å²) in [5.74, 6) is 0. The topological polar surface area (TPSA) is 26.0 Å². The Kier molecular flexibility index (Phi) is 10.0. The third-order valence-corrected chi connectivity index (χ3v) is 1.69. The van der Waals surface area contributed by atoms with Crippen LogP contribution in [-0.4, -0.2) is 6.54 Å². The van der Waals surface area contributed by atoms with Crippen molar-refractivity contribution in [3.63, 3.8) is 0 Å². The molecule has 0 aromatic rings. The van der Waals surface area contributed by atoms with E-state index < -0.39 is 0 Å². The van der Waals surface area contributed by atoms with Crippen molar-refractivity contribution in [1.82, 2.24) is 0 Å². The molecule has 70 valence electrons. The van der Waals surface area contributed by atoms with Gasteiger partial charge in [-0.05, 0) is 18.1 Å². The monoisotopic (exact) mass is 187 g/mol. The molecule has 0 rings (SSSR count). The molecule has 0 unspecified atom stereocenters. The van der Waals surface area contributed by atoms with Crippen LogP contribution in [0, 0.1) is 0 Å². The highest BCUT2D eigenvalue weighted by atomic mass is 35.5. The van der Waals surface area contributed by atoms with Crippen LogP contribution in [0.4, 0.5) is 0 Å². The summed E-state index contributed by atoms with van der Waals surface area (Å²) >= 11 is 5.81. The fraction of sp³-hybridized carbons (Fsp3) is 0.400. The maximum Gasteiger partial charge on any atom is 0.0473 e. The van der Waals surface area contributed by atoms with E-state index in [1.54, 1.807) is 6.08 Å². The molecule has 0 fully saturated rings. The molecule has 0 spiro atoms. The van der Waals surface area contributed by atoms with E-state index in [-0.39, 0.29) is 0 Å². The van der Waals surface area contributed by atoms with Crippen LogP contribution in [0.3, 0.4) is 0 Å². The molecule has 0 amide bonds. The van der Waals surface area contributed by atoms with Gasteiger partial charge in [0.2, 0.25) is 0 Å². The minimum Gasteiger partial charge on any atom is -0.326 e. The van der Waals surface area contributed by atoms with Gasteiger partial charge in [-0.15, -0.1) is 0 Å². The van der Waals surface area contributed by atoms with E-state index in [1.165, 1.54) is 0 Å². The standard InChI is InChI=1S/C8H12ClN.C2H6/c1-4-7(5-10)8(9)6(2)3;1-2/h4H,1-2,5,10H2,3H3;1-2H3/b8-7-;. The molecule has 0 aliphatic heterocycles. The third kappa shape index (κ3) is 5.16. The van der Waals surface area contributed by atoms with Gasteiger partial charge in [0.05, 0.1) is 0 Å². The van der Waals surface area contributed by atoms with Gasteiger partial charge in [-0.3, -0.25) is 0 Å². The lowest BCUT2D eigenvalue weighted by atomic mass is 10.2. The van der Waals surface area contributed by atoms with Crippen LogP contribution in [0.1, 0.15) is 20.8 Å². The average molecular weight is 188 g/mol. The average Bonchev–Trinajstić information content (AvgIpc) is 2.10. The molecule has 0 saturated carbocycles. The highest BCUT2D eigenvalue weighted by Gasteiger charge is 1.98. The van der Waals surface area contributed by atoms with Crippen molar-refractivity contribution in [2.75, 3.05) is 6.54 Å². The maximum absolute atomic E-state index is 5.81. The molecule has 0 bridgehead atoms. The van der Waals surface area contributed by atoms with E-state index in [2.05, 4.69) is 13.2 Å². The van der Waals surface area contributed by atoms with Crippen LogP contribution >= 0.6 is 11.6 Å². The molecule has 2 heteroatoms. The number of allylic oxidation sites excluding steroid dienone is 2. The van der Waals surface area contributed by atoms with Crippen LogP contribution < -0.4 is 5.73 Å². The highest BCUT2D eigenvalue weighted by molar-refractivity contribution is 6.32. The van der Waals surface area contributed by atoms with Gasteiger partial charge in [-0.2, -0.15) is 0 Å². The van der Waals surface area contributed by atoms with Crippen molar-refractivity contribution >= 4 is 11.6 Å². The summed E-state index contributed by atoms with van der Waals surface area (Å²) in [6, 6.07) is 0. The predicted molar refractivity (Wildman–Crippen MR) is 58.3 cm³/mol. The lowest BCUT2D eigenvalue weighted by molar-refractivity contribution is 1.17. The quantitative estimate of drug-likeness (QED) is 0.675. The number of hydrogen-bond acceptors (Lipinski definition) is 1. The number of rotatable bonds is 3. The highest BCUT2D eigenvalue weighted by Crippen LogP contribution is 2.16. The van der Waals surface area contributed by atoms with Gasteiger partial charge >= 0.3 is 0 Å². The van der Waals surface area contributed by atoms with Crippen molar-refractivity contribution in [1.29, 1.82) is 0 Å². The van der Waals surface area contributed by atoms with E-state index in [4.69, 9.17) is 17.3 Å². The van der Waals surface area contributed by atoms with Crippen LogP contribution in [0.25, 0.3) is 0 Å². The molecule has 0 aliphatic rings. The Labute approximate surface area is 80.6 Å². The third-order valence-electron chi connectivity index (χ3n) is 1.12.